The molecule has 1 atom stereocenters. The quantitative estimate of drug-likeness (QED) is 0.458. The molecule has 1 rings (SSSR count). The van der Waals surface area contributed by atoms with Crippen LogP contribution >= 0.6 is 15.9 Å². The summed E-state index contributed by atoms with van der Waals surface area (Å²) in [6.07, 6.45) is 0. The zero-order chi connectivity index (χ0) is 16.2. The molecule has 0 aliphatic heterocycles. The van der Waals surface area contributed by atoms with E-state index in [4.69, 9.17) is 4.74 Å². The van der Waals surface area contributed by atoms with Crippen molar-refractivity contribution in [3.8, 4) is 0 Å². The molecule has 0 spiro atoms. The highest BCUT2D eigenvalue weighted by atomic mass is 79.9. The Morgan fingerprint density at radius 2 is 2.10 bits per heavy atom. The lowest BCUT2D eigenvalue weighted by atomic mass is 10.1. The van der Waals surface area contributed by atoms with Gasteiger partial charge in [-0.2, -0.15) is 0 Å². The second-order valence-corrected chi connectivity index (χ2v) is 7.97. The Morgan fingerprint density at radius 1 is 1.48 bits per heavy atom. The predicted octanol–water partition coefficient (Wildman–Crippen LogP) is 3.40. The van der Waals surface area contributed by atoms with Gasteiger partial charge in [0, 0.05) is 10.0 Å². The Morgan fingerprint density at radius 3 is 2.62 bits per heavy atom. The Bertz CT molecular complexity index is 558. The number of nitrogens with zero attached hydrogens (tertiary/aromatic N) is 1. The topological polar surface area (TPSA) is 61.7 Å². The van der Waals surface area contributed by atoms with E-state index in [1.165, 1.54) is 18.2 Å². The van der Waals surface area contributed by atoms with Crippen LogP contribution in [0.3, 0.4) is 0 Å². The first-order valence-electron chi connectivity index (χ1n) is 6.30. The van der Waals surface area contributed by atoms with Crippen molar-refractivity contribution >= 4 is 39.0 Å². The lowest BCUT2D eigenvalue weighted by molar-refractivity contribution is -0.134. The molecular formula is C14H17BrFNO3S. The number of benzene rings is 1. The zero-order valence-electron chi connectivity index (χ0n) is 12.3. The fourth-order valence-corrected chi connectivity index (χ4v) is 2.27. The van der Waals surface area contributed by atoms with Crippen molar-refractivity contribution < 1.29 is 18.5 Å². The number of rotatable bonds is 4. The van der Waals surface area contributed by atoms with Crippen molar-refractivity contribution in [1.82, 2.24) is 0 Å². The predicted molar refractivity (Wildman–Crippen MR) is 85.2 cm³/mol. The largest absolute Gasteiger partial charge is 0.591 e. The van der Waals surface area contributed by atoms with Gasteiger partial charge in [0.1, 0.15) is 21.9 Å². The van der Waals surface area contributed by atoms with E-state index in [0.29, 0.717) is 4.47 Å². The number of esters is 1. The Labute approximate surface area is 135 Å². The van der Waals surface area contributed by atoms with Crippen molar-refractivity contribution in [2.75, 3.05) is 6.61 Å². The number of ether oxygens (including phenoxy) is 1. The van der Waals surface area contributed by atoms with Crippen LogP contribution in [0.2, 0.25) is 0 Å². The lowest BCUT2D eigenvalue weighted by Crippen LogP contribution is -2.29. The van der Waals surface area contributed by atoms with Gasteiger partial charge < -0.3 is 9.29 Å². The van der Waals surface area contributed by atoms with E-state index in [-0.39, 0.29) is 17.9 Å². The average molecular weight is 378 g/mol. The van der Waals surface area contributed by atoms with E-state index in [2.05, 4.69) is 20.3 Å². The van der Waals surface area contributed by atoms with E-state index < -0.39 is 27.9 Å². The molecule has 0 aliphatic carbocycles. The average Bonchev–Trinajstić information content (AvgIpc) is 2.38. The van der Waals surface area contributed by atoms with Crippen LogP contribution in [0.15, 0.2) is 27.1 Å². The molecule has 0 amide bonds. The highest BCUT2D eigenvalue weighted by Crippen LogP contribution is 2.21. The summed E-state index contributed by atoms with van der Waals surface area (Å²) >= 11 is 1.51. The summed E-state index contributed by atoms with van der Waals surface area (Å²) < 4.78 is 34.8. The second-order valence-electron chi connectivity index (χ2n) is 5.15. The maximum Gasteiger partial charge on any atom is 0.362 e. The van der Waals surface area contributed by atoms with Crippen LogP contribution in [0.4, 0.5) is 4.39 Å². The number of hydrogen-bond acceptors (Lipinski definition) is 4. The summed E-state index contributed by atoms with van der Waals surface area (Å²) in [7, 11) is 0. The summed E-state index contributed by atoms with van der Waals surface area (Å²) in [6, 6.07) is 4.11. The molecule has 0 saturated carbocycles. The minimum atomic E-state index is -1.70. The standard InChI is InChI=1S/C14H17BrFNO3S/c1-5-20-13(18)12(17-21(19)14(2,3)4)10-8-9(15)6-7-11(10)16/h6-8H,5H2,1-4H3/b17-12-. The van der Waals surface area contributed by atoms with Gasteiger partial charge in [0.2, 0.25) is 5.71 Å². The van der Waals surface area contributed by atoms with Crippen molar-refractivity contribution in [2.45, 2.75) is 32.4 Å². The number of hydrogen-bond donors (Lipinski definition) is 0. The number of carbonyl (C=O) groups is 1. The third-order valence-corrected chi connectivity index (χ3v) is 4.24. The van der Waals surface area contributed by atoms with Crippen molar-refractivity contribution in [2.24, 2.45) is 4.40 Å². The van der Waals surface area contributed by atoms with Crippen LogP contribution in [0.5, 0.6) is 0 Å². The molecule has 7 heteroatoms. The van der Waals surface area contributed by atoms with E-state index in [0.717, 1.165) is 0 Å². The van der Waals surface area contributed by atoms with Crippen LogP contribution in [0.1, 0.15) is 33.3 Å². The van der Waals surface area contributed by atoms with Gasteiger partial charge in [0.25, 0.3) is 0 Å². The fourth-order valence-electron chi connectivity index (χ4n) is 1.29. The molecule has 0 aromatic heterocycles. The monoisotopic (exact) mass is 377 g/mol. The molecule has 1 aromatic carbocycles. The van der Waals surface area contributed by atoms with Gasteiger partial charge in [0.05, 0.1) is 6.61 Å². The normalized spacial score (nSPS) is 14.0. The third-order valence-electron chi connectivity index (χ3n) is 2.35. The maximum absolute atomic E-state index is 14.0. The van der Waals surface area contributed by atoms with Gasteiger partial charge >= 0.3 is 5.97 Å². The summed E-state index contributed by atoms with van der Waals surface area (Å²) in [4.78, 5) is 12.0. The van der Waals surface area contributed by atoms with Gasteiger partial charge in [-0.25, -0.2) is 9.18 Å². The SMILES string of the molecule is CCOC(=O)/C(=N\[S+]([O-])C(C)(C)C)c1cc(Br)ccc1F. The van der Waals surface area contributed by atoms with Gasteiger partial charge in [-0.1, -0.05) is 20.3 Å². The molecule has 116 valence electrons. The molecular weight excluding hydrogens is 361 g/mol. The van der Waals surface area contributed by atoms with E-state index >= 15 is 0 Å². The van der Waals surface area contributed by atoms with Gasteiger partial charge in [-0.15, -0.1) is 0 Å². The Balaban J connectivity index is 3.35. The van der Waals surface area contributed by atoms with Crippen LogP contribution in [0.25, 0.3) is 0 Å². The molecule has 0 fully saturated rings. The molecule has 0 saturated heterocycles. The summed E-state index contributed by atoms with van der Waals surface area (Å²) in [5.41, 5.74) is -0.315. The first-order valence-corrected chi connectivity index (χ1v) is 8.20. The molecule has 1 unspecified atom stereocenters. The third kappa shape index (κ3) is 5.09. The van der Waals surface area contributed by atoms with E-state index in [1.54, 1.807) is 27.7 Å². The molecule has 0 heterocycles. The van der Waals surface area contributed by atoms with E-state index in [9.17, 15) is 13.7 Å². The molecule has 0 N–H and O–H groups in total. The van der Waals surface area contributed by atoms with Crippen molar-refractivity contribution in [1.29, 1.82) is 0 Å². The minimum Gasteiger partial charge on any atom is -0.591 e. The van der Waals surface area contributed by atoms with Gasteiger partial charge in [-0.3, -0.25) is 0 Å². The fraction of sp³-hybridized carbons (Fsp3) is 0.429. The van der Waals surface area contributed by atoms with Crippen LogP contribution in [-0.2, 0) is 20.9 Å². The van der Waals surface area contributed by atoms with Crippen molar-refractivity contribution in [3.63, 3.8) is 0 Å². The smallest absolute Gasteiger partial charge is 0.362 e. The lowest BCUT2D eigenvalue weighted by Gasteiger charge is -2.19. The Kier molecular flexibility index (Phi) is 6.37. The van der Waals surface area contributed by atoms with Gasteiger partial charge in [0.15, 0.2) is 0 Å². The minimum absolute atomic E-state index is 0.0413. The molecule has 21 heavy (non-hydrogen) atoms. The highest BCUT2D eigenvalue weighted by molar-refractivity contribution is 9.10. The second kappa shape index (κ2) is 7.38. The first-order chi connectivity index (χ1) is 9.66. The molecule has 1 aromatic rings. The van der Waals surface area contributed by atoms with Crippen molar-refractivity contribution in [3.05, 3.63) is 34.1 Å². The summed E-state index contributed by atoms with van der Waals surface area (Å²) in [5, 5.41) is 0. The van der Waals surface area contributed by atoms with E-state index in [1.807, 2.05) is 0 Å². The number of carbonyl (C=O) groups excluding carboxylic acids is 1. The first kappa shape index (κ1) is 18.1. The maximum atomic E-state index is 14.0. The highest BCUT2D eigenvalue weighted by Gasteiger charge is 2.31. The summed E-state index contributed by atoms with van der Waals surface area (Å²) in [5.74, 6) is -1.43. The zero-order valence-corrected chi connectivity index (χ0v) is 14.7. The molecule has 0 aliphatic rings. The molecule has 4 nitrogen and oxygen atoms in total. The van der Waals surface area contributed by atoms with Crippen LogP contribution in [0, 0.1) is 5.82 Å². The van der Waals surface area contributed by atoms with Gasteiger partial charge in [-0.05, 0) is 45.9 Å². The summed E-state index contributed by atoms with van der Waals surface area (Å²) in [6.45, 7) is 6.90. The molecule has 0 bridgehead atoms. The van der Waals surface area contributed by atoms with Crippen LogP contribution in [-0.4, -0.2) is 27.6 Å². The molecule has 0 radical (unpaired) electrons. The number of halogens is 2. The van der Waals surface area contributed by atoms with Crippen LogP contribution < -0.4 is 0 Å². The Hall–Kier alpha value is -0.920.